The maximum absolute atomic E-state index is 11.5. The Morgan fingerprint density at radius 2 is 1.73 bits per heavy atom. The third kappa shape index (κ3) is 3.23. The highest BCUT2D eigenvalue weighted by Crippen LogP contribution is 2.15. The Morgan fingerprint density at radius 1 is 1.27 bits per heavy atom. The zero-order valence-corrected chi connectivity index (χ0v) is 9.25. The molecule has 0 spiro atoms. The van der Waals surface area contributed by atoms with Gasteiger partial charge in [0.1, 0.15) is 11.5 Å². The number of likely N-dealkylation sites (N-methyl/N-ethyl adjacent to an activating group) is 1. The maximum atomic E-state index is 11.5. The van der Waals surface area contributed by atoms with Gasteiger partial charge in [0.25, 0.3) is 0 Å². The lowest BCUT2D eigenvalue weighted by atomic mass is 9.92. The quantitative estimate of drug-likeness (QED) is 0.544. The molecular formula is C9H16N2O4. The molecule has 0 saturated heterocycles. The molecule has 3 N–H and O–H groups in total. The van der Waals surface area contributed by atoms with Crippen molar-refractivity contribution in [1.29, 1.82) is 0 Å². The summed E-state index contributed by atoms with van der Waals surface area (Å²) in [6.07, 6.45) is 0. The third-order valence-electron chi connectivity index (χ3n) is 2.09. The molecule has 0 aliphatic heterocycles. The lowest BCUT2D eigenvalue weighted by Gasteiger charge is -2.21. The van der Waals surface area contributed by atoms with Crippen molar-refractivity contribution in [1.82, 2.24) is 10.6 Å². The van der Waals surface area contributed by atoms with Crippen LogP contribution in [0.1, 0.15) is 20.8 Å². The summed E-state index contributed by atoms with van der Waals surface area (Å²) in [5, 5.41) is 13.4. The molecule has 0 aromatic carbocycles. The molecule has 0 fully saturated rings. The second kappa shape index (κ2) is 4.77. The normalized spacial score (nSPS) is 12.8. The summed E-state index contributed by atoms with van der Waals surface area (Å²) in [5.41, 5.74) is -1.54. The molecule has 0 aliphatic carbocycles. The molecule has 2 amide bonds. The number of hydrogen-bond donors (Lipinski definition) is 3. The van der Waals surface area contributed by atoms with Crippen molar-refractivity contribution < 1.29 is 19.5 Å². The van der Waals surface area contributed by atoms with Crippen molar-refractivity contribution in [3.63, 3.8) is 0 Å². The molecule has 0 aliphatic rings. The fourth-order valence-corrected chi connectivity index (χ4v) is 0.756. The number of nitrogens with one attached hydrogen (secondary N) is 2. The van der Waals surface area contributed by atoms with Crippen LogP contribution in [0, 0.1) is 5.41 Å². The van der Waals surface area contributed by atoms with Crippen LogP contribution in [-0.2, 0) is 14.4 Å². The molecule has 1 atom stereocenters. The Balaban J connectivity index is 4.50. The van der Waals surface area contributed by atoms with E-state index in [1.54, 1.807) is 0 Å². The van der Waals surface area contributed by atoms with Crippen LogP contribution >= 0.6 is 0 Å². The molecule has 0 bridgehead atoms. The number of rotatable bonds is 4. The van der Waals surface area contributed by atoms with Crippen LogP contribution in [0.25, 0.3) is 0 Å². The zero-order valence-electron chi connectivity index (χ0n) is 9.25. The highest BCUT2D eigenvalue weighted by Gasteiger charge is 2.37. The van der Waals surface area contributed by atoms with Crippen LogP contribution in [0.2, 0.25) is 0 Å². The lowest BCUT2D eigenvalue weighted by molar-refractivity contribution is -0.154. The van der Waals surface area contributed by atoms with E-state index in [-0.39, 0.29) is 5.91 Å². The highest BCUT2D eigenvalue weighted by atomic mass is 16.4. The van der Waals surface area contributed by atoms with Gasteiger partial charge < -0.3 is 15.7 Å². The molecule has 0 radical (unpaired) electrons. The van der Waals surface area contributed by atoms with Crippen LogP contribution in [-0.4, -0.2) is 36.0 Å². The maximum Gasteiger partial charge on any atom is 0.318 e. The SMILES string of the molecule is CNC(=O)C(C)NC(=O)C(C)(C)C(=O)O. The van der Waals surface area contributed by atoms with E-state index in [1.165, 1.54) is 27.8 Å². The average Bonchev–Trinajstić information content (AvgIpc) is 2.15. The summed E-state index contributed by atoms with van der Waals surface area (Å²) in [7, 11) is 1.44. The topological polar surface area (TPSA) is 95.5 Å². The first kappa shape index (κ1) is 13.4. The minimum Gasteiger partial charge on any atom is -0.480 e. The Labute approximate surface area is 88.0 Å². The third-order valence-corrected chi connectivity index (χ3v) is 2.09. The first-order valence-corrected chi connectivity index (χ1v) is 4.49. The van der Waals surface area contributed by atoms with Crippen LogP contribution in [0.15, 0.2) is 0 Å². The molecule has 86 valence electrons. The van der Waals surface area contributed by atoms with Gasteiger partial charge in [-0.1, -0.05) is 0 Å². The molecule has 0 aromatic heterocycles. The summed E-state index contributed by atoms with van der Waals surface area (Å²) < 4.78 is 0. The zero-order chi connectivity index (χ0) is 12.2. The smallest absolute Gasteiger partial charge is 0.318 e. The van der Waals surface area contributed by atoms with Gasteiger partial charge in [0.15, 0.2) is 0 Å². The largest absolute Gasteiger partial charge is 0.480 e. The lowest BCUT2D eigenvalue weighted by Crippen LogP contribution is -2.50. The Kier molecular flexibility index (Phi) is 4.26. The predicted molar refractivity (Wildman–Crippen MR) is 53.1 cm³/mol. The summed E-state index contributed by atoms with van der Waals surface area (Å²) >= 11 is 0. The summed E-state index contributed by atoms with van der Waals surface area (Å²) in [5.74, 6) is -2.29. The van der Waals surface area contributed by atoms with Gasteiger partial charge in [-0.25, -0.2) is 0 Å². The minimum atomic E-state index is -1.54. The number of carbonyl (C=O) groups excluding carboxylic acids is 2. The van der Waals surface area contributed by atoms with Crippen LogP contribution in [0.3, 0.4) is 0 Å². The number of amides is 2. The molecule has 0 heterocycles. The van der Waals surface area contributed by atoms with Crippen molar-refractivity contribution in [2.75, 3.05) is 7.05 Å². The van der Waals surface area contributed by atoms with Gasteiger partial charge in [-0.15, -0.1) is 0 Å². The first-order chi connectivity index (χ1) is 6.73. The van der Waals surface area contributed by atoms with Crippen molar-refractivity contribution in [3.05, 3.63) is 0 Å². The Morgan fingerprint density at radius 3 is 2.07 bits per heavy atom. The average molecular weight is 216 g/mol. The van der Waals surface area contributed by atoms with Crippen molar-refractivity contribution >= 4 is 17.8 Å². The van der Waals surface area contributed by atoms with Crippen molar-refractivity contribution in [2.24, 2.45) is 5.41 Å². The second-order valence-electron chi connectivity index (χ2n) is 3.74. The Hall–Kier alpha value is -1.59. The first-order valence-electron chi connectivity index (χ1n) is 4.49. The van der Waals surface area contributed by atoms with E-state index in [9.17, 15) is 14.4 Å². The van der Waals surface area contributed by atoms with Gasteiger partial charge in [-0.2, -0.15) is 0 Å². The van der Waals surface area contributed by atoms with Gasteiger partial charge in [-0.05, 0) is 20.8 Å². The minimum absolute atomic E-state index is 0.371. The van der Waals surface area contributed by atoms with E-state index in [2.05, 4.69) is 10.6 Å². The Bertz CT molecular complexity index is 286. The van der Waals surface area contributed by atoms with Crippen molar-refractivity contribution in [3.8, 4) is 0 Å². The molecule has 0 rings (SSSR count). The van der Waals surface area contributed by atoms with Crippen LogP contribution < -0.4 is 10.6 Å². The van der Waals surface area contributed by atoms with E-state index in [0.29, 0.717) is 0 Å². The van der Waals surface area contributed by atoms with Gasteiger partial charge in [-0.3, -0.25) is 14.4 Å². The monoisotopic (exact) mass is 216 g/mol. The van der Waals surface area contributed by atoms with Crippen molar-refractivity contribution in [2.45, 2.75) is 26.8 Å². The van der Waals surface area contributed by atoms with E-state index in [4.69, 9.17) is 5.11 Å². The molecule has 0 saturated carbocycles. The molecule has 6 heteroatoms. The fourth-order valence-electron chi connectivity index (χ4n) is 0.756. The van der Waals surface area contributed by atoms with E-state index in [1.807, 2.05) is 0 Å². The predicted octanol–water partition coefficient (Wildman–Crippen LogP) is -0.652. The van der Waals surface area contributed by atoms with Gasteiger partial charge in [0.2, 0.25) is 11.8 Å². The summed E-state index contributed by atoms with van der Waals surface area (Å²) in [6, 6.07) is -0.749. The molecule has 1 unspecified atom stereocenters. The molecule has 6 nitrogen and oxygen atoms in total. The number of carbonyl (C=O) groups is 3. The highest BCUT2D eigenvalue weighted by molar-refractivity contribution is 6.02. The summed E-state index contributed by atoms with van der Waals surface area (Å²) in [6.45, 7) is 4.04. The van der Waals surface area contributed by atoms with Gasteiger partial charge in [0, 0.05) is 7.05 Å². The van der Waals surface area contributed by atoms with Crippen LogP contribution in [0.5, 0.6) is 0 Å². The van der Waals surface area contributed by atoms with Crippen LogP contribution in [0.4, 0.5) is 0 Å². The van der Waals surface area contributed by atoms with Gasteiger partial charge in [0.05, 0.1) is 0 Å². The number of carboxylic acid groups (broad SMARTS) is 1. The second-order valence-corrected chi connectivity index (χ2v) is 3.74. The standard InChI is InChI=1S/C9H16N2O4/c1-5(6(12)10-4)11-7(13)9(2,3)8(14)15/h5H,1-4H3,(H,10,12)(H,11,13)(H,14,15). The molecule has 15 heavy (non-hydrogen) atoms. The molecular weight excluding hydrogens is 200 g/mol. The fraction of sp³-hybridized carbons (Fsp3) is 0.667. The summed E-state index contributed by atoms with van der Waals surface area (Å²) in [4.78, 5) is 33.3. The van der Waals surface area contributed by atoms with E-state index in [0.717, 1.165) is 0 Å². The number of carboxylic acids is 1. The van der Waals surface area contributed by atoms with E-state index >= 15 is 0 Å². The molecule has 0 aromatic rings. The van der Waals surface area contributed by atoms with Gasteiger partial charge >= 0.3 is 5.97 Å². The number of aliphatic carboxylic acids is 1. The van der Waals surface area contributed by atoms with E-state index < -0.39 is 23.3 Å². The number of hydrogen-bond acceptors (Lipinski definition) is 3.